The number of benzene rings is 1. The molecule has 0 aliphatic rings. The first-order valence-corrected chi connectivity index (χ1v) is 7.48. The normalized spacial score (nSPS) is 10.3. The minimum atomic E-state index is -0.416. The van der Waals surface area contributed by atoms with Gasteiger partial charge in [0.05, 0.1) is 22.9 Å². The highest BCUT2D eigenvalue weighted by atomic mass is 32.1. The molecule has 0 aliphatic carbocycles. The molecule has 0 aliphatic heterocycles. The lowest BCUT2D eigenvalue weighted by atomic mass is 10.2. The third-order valence-corrected chi connectivity index (χ3v) is 3.84. The van der Waals surface area contributed by atoms with Crippen LogP contribution in [0.25, 0.3) is 0 Å². The van der Waals surface area contributed by atoms with Crippen molar-refractivity contribution in [3.63, 3.8) is 0 Å². The molecule has 7 heteroatoms. The van der Waals surface area contributed by atoms with E-state index in [9.17, 15) is 10.1 Å². The van der Waals surface area contributed by atoms with Gasteiger partial charge in [-0.05, 0) is 23.9 Å². The van der Waals surface area contributed by atoms with Crippen molar-refractivity contribution < 1.29 is 10.0 Å². The topological polar surface area (TPSA) is 87.4 Å². The fraction of sp³-hybridized carbons (Fsp3) is 0.286. The predicted molar refractivity (Wildman–Crippen MR) is 85.2 cm³/mol. The zero-order valence-corrected chi connectivity index (χ0v) is 12.2. The minimum absolute atomic E-state index is 0.00558. The van der Waals surface area contributed by atoms with Gasteiger partial charge in [0.2, 0.25) is 0 Å². The van der Waals surface area contributed by atoms with Gasteiger partial charge in [-0.25, -0.2) is 0 Å². The van der Waals surface area contributed by atoms with E-state index >= 15 is 0 Å². The Hall–Kier alpha value is -2.12. The van der Waals surface area contributed by atoms with E-state index in [0.717, 1.165) is 12.1 Å². The van der Waals surface area contributed by atoms with Gasteiger partial charge in [-0.15, -0.1) is 11.3 Å². The number of nitrogens with zero attached hydrogens (tertiary/aromatic N) is 1. The molecule has 0 spiro atoms. The second-order valence-electron chi connectivity index (χ2n) is 4.39. The monoisotopic (exact) mass is 307 g/mol. The van der Waals surface area contributed by atoms with Gasteiger partial charge >= 0.3 is 0 Å². The van der Waals surface area contributed by atoms with E-state index in [1.54, 1.807) is 17.4 Å². The van der Waals surface area contributed by atoms with Crippen LogP contribution in [0.2, 0.25) is 0 Å². The lowest BCUT2D eigenvalue weighted by Gasteiger charge is -2.13. The number of nitrogens with one attached hydrogen (secondary N) is 2. The van der Waals surface area contributed by atoms with Crippen LogP contribution < -0.4 is 10.6 Å². The minimum Gasteiger partial charge on any atom is -0.395 e. The Labute approximate surface area is 126 Å². The molecule has 0 saturated carbocycles. The zero-order valence-electron chi connectivity index (χ0n) is 11.4. The van der Waals surface area contributed by atoms with Crippen LogP contribution in [0.3, 0.4) is 0 Å². The molecule has 112 valence electrons. The van der Waals surface area contributed by atoms with Gasteiger partial charge in [-0.1, -0.05) is 6.07 Å². The van der Waals surface area contributed by atoms with Gasteiger partial charge in [-0.2, -0.15) is 0 Å². The van der Waals surface area contributed by atoms with Crippen LogP contribution in [0.4, 0.5) is 17.1 Å². The van der Waals surface area contributed by atoms with Crippen LogP contribution in [0.1, 0.15) is 4.88 Å². The Kier molecular flexibility index (Phi) is 5.53. The summed E-state index contributed by atoms with van der Waals surface area (Å²) in [5.41, 5.74) is 1.47. The Balaban J connectivity index is 2.05. The van der Waals surface area contributed by atoms with E-state index in [-0.39, 0.29) is 12.3 Å². The summed E-state index contributed by atoms with van der Waals surface area (Å²) in [7, 11) is 0. The van der Waals surface area contributed by atoms with Crippen LogP contribution in [0.15, 0.2) is 35.7 Å². The zero-order chi connectivity index (χ0) is 15.1. The van der Waals surface area contributed by atoms with Gasteiger partial charge in [0.1, 0.15) is 0 Å². The Morgan fingerprint density at radius 1 is 1.19 bits per heavy atom. The molecule has 0 atom stereocenters. The summed E-state index contributed by atoms with van der Waals surface area (Å²) in [5.74, 6) is 0. The smallest absolute Gasteiger partial charge is 0.271 e. The first kappa shape index (κ1) is 15.3. The summed E-state index contributed by atoms with van der Waals surface area (Å²) in [6, 6.07) is 8.67. The van der Waals surface area contributed by atoms with Crippen LogP contribution in [0, 0.1) is 10.1 Å². The van der Waals surface area contributed by atoms with Crippen molar-refractivity contribution >= 4 is 28.4 Å². The average molecular weight is 307 g/mol. The molecule has 6 nitrogen and oxygen atoms in total. The largest absolute Gasteiger partial charge is 0.395 e. The Morgan fingerprint density at radius 2 is 2.00 bits per heavy atom. The van der Waals surface area contributed by atoms with Crippen molar-refractivity contribution in [1.29, 1.82) is 0 Å². The maximum Gasteiger partial charge on any atom is 0.271 e. The van der Waals surface area contributed by atoms with E-state index in [2.05, 4.69) is 16.7 Å². The number of non-ortho nitro benzene ring substituents is 1. The van der Waals surface area contributed by atoms with E-state index in [4.69, 9.17) is 5.11 Å². The van der Waals surface area contributed by atoms with Gasteiger partial charge in [-0.3, -0.25) is 10.1 Å². The molecule has 2 aromatic rings. The van der Waals surface area contributed by atoms with Crippen molar-refractivity contribution in [3.8, 4) is 0 Å². The molecule has 1 aromatic carbocycles. The van der Waals surface area contributed by atoms with Crippen molar-refractivity contribution in [2.24, 2.45) is 0 Å². The molecule has 3 N–H and O–H groups in total. The van der Waals surface area contributed by atoms with Crippen molar-refractivity contribution in [1.82, 2.24) is 0 Å². The number of nitro groups is 1. The Bertz CT molecular complexity index is 587. The molecule has 0 bridgehead atoms. The van der Waals surface area contributed by atoms with Crippen LogP contribution in [-0.2, 0) is 6.42 Å². The number of aliphatic hydroxyl groups excluding tert-OH is 1. The van der Waals surface area contributed by atoms with Crippen molar-refractivity contribution in [3.05, 3.63) is 50.7 Å². The fourth-order valence-corrected chi connectivity index (χ4v) is 2.62. The quantitative estimate of drug-likeness (QED) is 0.515. The first-order chi connectivity index (χ1) is 10.2. The summed E-state index contributed by atoms with van der Waals surface area (Å²) < 4.78 is 0. The number of hydrogen-bond acceptors (Lipinski definition) is 6. The van der Waals surface area contributed by atoms with E-state index in [0.29, 0.717) is 18.8 Å². The van der Waals surface area contributed by atoms with E-state index in [1.807, 2.05) is 11.4 Å². The summed E-state index contributed by atoms with van der Waals surface area (Å²) in [4.78, 5) is 11.7. The molecule has 0 fully saturated rings. The van der Waals surface area contributed by atoms with Gasteiger partial charge in [0, 0.05) is 30.1 Å². The standard InChI is InChI=1S/C14H17N3O3S/c18-8-7-16-13-4-3-11(17(19)20)10-14(13)15-6-5-12-2-1-9-21-12/h1-4,9-10,15-16,18H,5-8H2. The van der Waals surface area contributed by atoms with Gasteiger partial charge < -0.3 is 15.7 Å². The predicted octanol–water partition coefficient (Wildman–Crippen LogP) is 2.72. The van der Waals surface area contributed by atoms with Crippen LogP contribution in [0.5, 0.6) is 0 Å². The molecule has 0 saturated heterocycles. The third-order valence-electron chi connectivity index (χ3n) is 2.91. The third kappa shape index (κ3) is 4.44. The van der Waals surface area contributed by atoms with E-state index in [1.165, 1.54) is 17.0 Å². The van der Waals surface area contributed by atoms with E-state index < -0.39 is 4.92 Å². The second-order valence-corrected chi connectivity index (χ2v) is 5.43. The SMILES string of the molecule is O=[N+]([O-])c1ccc(NCCO)c(NCCc2cccs2)c1. The van der Waals surface area contributed by atoms with Crippen molar-refractivity contribution in [2.75, 3.05) is 30.3 Å². The number of rotatable bonds is 8. The number of thiophene rings is 1. The number of aliphatic hydroxyl groups is 1. The fourth-order valence-electron chi connectivity index (χ4n) is 1.91. The summed E-state index contributed by atoms with van der Waals surface area (Å²) in [6.45, 7) is 1.10. The summed E-state index contributed by atoms with van der Waals surface area (Å²) in [6.07, 6.45) is 0.861. The average Bonchev–Trinajstić information content (AvgIpc) is 2.99. The highest BCUT2D eigenvalue weighted by molar-refractivity contribution is 7.09. The van der Waals surface area contributed by atoms with Crippen LogP contribution in [-0.4, -0.2) is 29.7 Å². The molecule has 1 heterocycles. The van der Waals surface area contributed by atoms with Gasteiger partial charge in [0.15, 0.2) is 0 Å². The van der Waals surface area contributed by atoms with Gasteiger partial charge in [0.25, 0.3) is 5.69 Å². The summed E-state index contributed by atoms with van der Waals surface area (Å²) in [5, 5.41) is 28.0. The molecule has 21 heavy (non-hydrogen) atoms. The number of hydrogen-bond donors (Lipinski definition) is 3. The highest BCUT2D eigenvalue weighted by Crippen LogP contribution is 2.27. The number of nitro benzene ring substituents is 1. The lowest BCUT2D eigenvalue weighted by Crippen LogP contribution is -2.10. The maximum atomic E-state index is 10.9. The maximum absolute atomic E-state index is 10.9. The lowest BCUT2D eigenvalue weighted by molar-refractivity contribution is -0.384. The first-order valence-electron chi connectivity index (χ1n) is 6.60. The molecular weight excluding hydrogens is 290 g/mol. The second kappa shape index (κ2) is 7.61. The molecule has 1 aromatic heterocycles. The molecular formula is C14H17N3O3S. The Morgan fingerprint density at radius 3 is 2.67 bits per heavy atom. The molecule has 0 amide bonds. The highest BCUT2D eigenvalue weighted by Gasteiger charge is 2.10. The summed E-state index contributed by atoms with van der Waals surface area (Å²) >= 11 is 1.69. The van der Waals surface area contributed by atoms with Crippen molar-refractivity contribution in [2.45, 2.75) is 6.42 Å². The molecule has 0 unspecified atom stereocenters. The number of anilines is 2. The molecule has 0 radical (unpaired) electrons. The van der Waals surface area contributed by atoms with Crippen LogP contribution >= 0.6 is 11.3 Å². The molecule has 2 rings (SSSR count).